The summed E-state index contributed by atoms with van der Waals surface area (Å²) in [6.07, 6.45) is 4.80. The van der Waals surface area contributed by atoms with Gasteiger partial charge in [0, 0.05) is 11.1 Å². The summed E-state index contributed by atoms with van der Waals surface area (Å²) in [5.74, 6) is 0. The topological polar surface area (TPSA) is 12.0 Å². The Morgan fingerprint density at radius 3 is 2.75 bits per heavy atom. The van der Waals surface area contributed by atoms with Gasteiger partial charge in [-0.05, 0) is 67.1 Å². The van der Waals surface area contributed by atoms with E-state index in [4.69, 9.17) is 11.6 Å². The predicted octanol–water partition coefficient (Wildman–Crippen LogP) is 4.33. The summed E-state index contributed by atoms with van der Waals surface area (Å²) >= 11 is 6.10. The van der Waals surface area contributed by atoms with Gasteiger partial charge in [0.2, 0.25) is 0 Å². The maximum absolute atomic E-state index is 6.10. The van der Waals surface area contributed by atoms with Crippen LogP contribution in [0.25, 0.3) is 0 Å². The molecule has 0 aromatic heterocycles. The van der Waals surface area contributed by atoms with E-state index in [1.807, 2.05) is 19.2 Å². The van der Waals surface area contributed by atoms with Gasteiger partial charge in [-0.15, -0.1) is 0 Å². The van der Waals surface area contributed by atoms with E-state index in [1.165, 1.54) is 36.0 Å². The first-order valence-electron chi connectivity index (χ1n) is 7.29. The highest BCUT2D eigenvalue weighted by Crippen LogP contribution is 2.26. The van der Waals surface area contributed by atoms with Crippen molar-refractivity contribution in [1.82, 2.24) is 5.32 Å². The Kier molecular flexibility index (Phi) is 4.09. The minimum absolute atomic E-state index is 0.313. The molecule has 1 unspecified atom stereocenters. The molecule has 0 fully saturated rings. The molecule has 1 nitrogen and oxygen atoms in total. The van der Waals surface area contributed by atoms with Crippen molar-refractivity contribution in [1.29, 1.82) is 0 Å². The van der Waals surface area contributed by atoms with E-state index in [9.17, 15) is 0 Å². The van der Waals surface area contributed by atoms with Crippen LogP contribution < -0.4 is 5.32 Å². The maximum atomic E-state index is 6.10. The molecular weight excluding hydrogens is 266 g/mol. The summed E-state index contributed by atoms with van der Waals surface area (Å²) < 4.78 is 0. The lowest BCUT2D eigenvalue weighted by Crippen LogP contribution is -2.18. The smallest absolute Gasteiger partial charge is 0.0409 e. The summed E-state index contributed by atoms with van der Waals surface area (Å²) in [6.45, 7) is 0. The quantitative estimate of drug-likeness (QED) is 0.881. The second-order valence-electron chi connectivity index (χ2n) is 5.56. The lowest BCUT2D eigenvalue weighted by atomic mass is 9.96. The summed E-state index contributed by atoms with van der Waals surface area (Å²) in [4.78, 5) is 0. The molecule has 1 aliphatic rings. The number of fused-ring (bicyclic) bond motifs is 1. The third-order valence-corrected chi connectivity index (χ3v) is 4.44. The van der Waals surface area contributed by atoms with Gasteiger partial charge in [0.1, 0.15) is 0 Å². The Hall–Kier alpha value is -1.31. The number of hydrogen-bond acceptors (Lipinski definition) is 1. The Morgan fingerprint density at radius 2 is 1.95 bits per heavy atom. The Balaban J connectivity index is 1.81. The highest BCUT2D eigenvalue weighted by Gasteiger charge is 2.14. The zero-order valence-corrected chi connectivity index (χ0v) is 12.6. The average Bonchev–Trinajstić information content (AvgIpc) is 2.92. The van der Waals surface area contributed by atoms with Crippen LogP contribution in [0.15, 0.2) is 42.5 Å². The molecule has 1 N–H and O–H groups in total. The maximum Gasteiger partial charge on any atom is 0.0409 e. The van der Waals surface area contributed by atoms with Crippen molar-refractivity contribution >= 4 is 11.6 Å². The molecule has 2 heteroatoms. The van der Waals surface area contributed by atoms with Gasteiger partial charge in [-0.25, -0.2) is 0 Å². The molecule has 0 heterocycles. The standard InChI is InChI=1S/C18H20ClN/c1-20-18(16-6-3-7-17(19)12-16)11-13-8-9-14-4-2-5-15(14)10-13/h3,6-10,12,18,20H,2,4-5,11H2,1H3. The van der Waals surface area contributed by atoms with E-state index in [0.717, 1.165) is 11.4 Å². The van der Waals surface area contributed by atoms with Gasteiger partial charge < -0.3 is 5.32 Å². The van der Waals surface area contributed by atoms with Crippen molar-refractivity contribution < 1.29 is 0 Å². The van der Waals surface area contributed by atoms with Crippen molar-refractivity contribution in [2.45, 2.75) is 31.7 Å². The number of aryl methyl sites for hydroxylation is 2. The summed E-state index contributed by atoms with van der Waals surface area (Å²) in [5.41, 5.74) is 5.74. The van der Waals surface area contributed by atoms with E-state index in [1.54, 1.807) is 5.56 Å². The summed E-state index contributed by atoms with van der Waals surface area (Å²) in [6, 6.07) is 15.4. The highest BCUT2D eigenvalue weighted by atomic mass is 35.5. The number of hydrogen-bond donors (Lipinski definition) is 1. The zero-order valence-electron chi connectivity index (χ0n) is 11.8. The monoisotopic (exact) mass is 285 g/mol. The molecule has 0 saturated carbocycles. The fourth-order valence-electron chi connectivity index (χ4n) is 3.10. The molecule has 1 atom stereocenters. The molecule has 0 aliphatic heterocycles. The number of benzene rings is 2. The van der Waals surface area contributed by atoms with Crippen LogP contribution >= 0.6 is 11.6 Å². The average molecular weight is 286 g/mol. The first-order chi connectivity index (χ1) is 9.76. The fourth-order valence-corrected chi connectivity index (χ4v) is 3.30. The van der Waals surface area contributed by atoms with E-state index >= 15 is 0 Å². The van der Waals surface area contributed by atoms with Gasteiger partial charge in [-0.3, -0.25) is 0 Å². The van der Waals surface area contributed by atoms with Crippen molar-refractivity contribution in [2.24, 2.45) is 0 Å². The first kappa shape index (κ1) is 13.7. The van der Waals surface area contributed by atoms with Crippen LogP contribution in [0.1, 0.15) is 34.7 Å². The van der Waals surface area contributed by atoms with Crippen LogP contribution in [0, 0.1) is 0 Å². The lowest BCUT2D eigenvalue weighted by molar-refractivity contribution is 0.592. The number of rotatable bonds is 4. The molecular formula is C18H20ClN. The van der Waals surface area contributed by atoms with Crippen molar-refractivity contribution in [3.8, 4) is 0 Å². The summed E-state index contributed by atoms with van der Waals surface area (Å²) in [7, 11) is 2.01. The normalized spacial score (nSPS) is 15.1. The first-order valence-corrected chi connectivity index (χ1v) is 7.67. The van der Waals surface area contributed by atoms with Crippen LogP contribution in [0.5, 0.6) is 0 Å². The third kappa shape index (κ3) is 2.89. The summed E-state index contributed by atoms with van der Waals surface area (Å²) in [5, 5.41) is 4.21. The molecule has 0 amide bonds. The minimum atomic E-state index is 0.313. The van der Waals surface area contributed by atoms with Gasteiger partial charge in [-0.1, -0.05) is 41.9 Å². The van der Waals surface area contributed by atoms with Crippen molar-refractivity contribution in [3.05, 3.63) is 69.7 Å². The number of likely N-dealkylation sites (N-methyl/N-ethyl adjacent to an activating group) is 1. The SMILES string of the molecule is CNC(Cc1ccc2c(c1)CCC2)c1cccc(Cl)c1. The molecule has 1 aliphatic carbocycles. The second kappa shape index (κ2) is 5.99. The molecule has 0 spiro atoms. The Morgan fingerprint density at radius 1 is 1.10 bits per heavy atom. The molecule has 20 heavy (non-hydrogen) atoms. The fraction of sp³-hybridized carbons (Fsp3) is 0.333. The van der Waals surface area contributed by atoms with E-state index < -0.39 is 0 Å². The molecule has 0 bridgehead atoms. The van der Waals surface area contributed by atoms with Gasteiger partial charge in [-0.2, -0.15) is 0 Å². The zero-order chi connectivity index (χ0) is 13.9. The van der Waals surface area contributed by atoms with E-state index in [-0.39, 0.29) is 0 Å². The number of halogens is 1. The van der Waals surface area contributed by atoms with Gasteiger partial charge in [0.25, 0.3) is 0 Å². The van der Waals surface area contributed by atoms with Crippen LogP contribution in [-0.4, -0.2) is 7.05 Å². The lowest BCUT2D eigenvalue weighted by Gasteiger charge is -2.17. The van der Waals surface area contributed by atoms with Crippen molar-refractivity contribution in [2.75, 3.05) is 7.05 Å². The third-order valence-electron chi connectivity index (χ3n) is 4.20. The minimum Gasteiger partial charge on any atom is -0.313 e. The molecule has 0 saturated heterocycles. The molecule has 2 aromatic rings. The largest absolute Gasteiger partial charge is 0.313 e. The van der Waals surface area contributed by atoms with Crippen LogP contribution in [0.2, 0.25) is 5.02 Å². The van der Waals surface area contributed by atoms with Gasteiger partial charge in [0.15, 0.2) is 0 Å². The molecule has 104 valence electrons. The second-order valence-corrected chi connectivity index (χ2v) is 5.99. The highest BCUT2D eigenvalue weighted by molar-refractivity contribution is 6.30. The van der Waals surface area contributed by atoms with E-state index in [0.29, 0.717) is 6.04 Å². The van der Waals surface area contributed by atoms with Gasteiger partial charge >= 0.3 is 0 Å². The van der Waals surface area contributed by atoms with E-state index in [2.05, 4.69) is 35.6 Å². The van der Waals surface area contributed by atoms with Crippen LogP contribution in [0.3, 0.4) is 0 Å². The predicted molar refractivity (Wildman–Crippen MR) is 85.4 cm³/mol. The molecule has 0 radical (unpaired) electrons. The van der Waals surface area contributed by atoms with Gasteiger partial charge in [0.05, 0.1) is 0 Å². The van der Waals surface area contributed by atoms with Crippen LogP contribution in [-0.2, 0) is 19.3 Å². The number of nitrogens with one attached hydrogen (secondary N) is 1. The Bertz CT molecular complexity index is 606. The Labute approximate surface area is 126 Å². The van der Waals surface area contributed by atoms with Crippen molar-refractivity contribution in [3.63, 3.8) is 0 Å². The van der Waals surface area contributed by atoms with Crippen LogP contribution in [0.4, 0.5) is 0 Å². The molecule has 3 rings (SSSR count). The molecule has 2 aromatic carbocycles.